The number of carbonyl (C=O) groups excluding carboxylic acids is 1. The van der Waals surface area contributed by atoms with E-state index in [1.54, 1.807) is 4.90 Å². The number of piperidine rings is 1. The van der Waals surface area contributed by atoms with Crippen LogP contribution in [0.1, 0.15) is 36.7 Å². The first-order valence-corrected chi connectivity index (χ1v) is 7.11. The predicted molar refractivity (Wildman–Crippen MR) is 74.2 cm³/mol. The van der Waals surface area contributed by atoms with Crippen molar-refractivity contribution in [3.8, 4) is 0 Å². The zero-order chi connectivity index (χ0) is 15.4. The number of carboxylic acids is 1. The van der Waals surface area contributed by atoms with E-state index in [4.69, 9.17) is 5.11 Å². The number of likely N-dealkylation sites (tertiary alicyclic amines) is 1. The Hall–Kier alpha value is -1.98. The van der Waals surface area contributed by atoms with Crippen molar-refractivity contribution in [1.29, 1.82) is 0 Å². The van der Waals surface area contributed by atoms with Crippen molar-refractivity contribution in [1.82, 2.24) is 9.88 Å². The quantitative estimate of drug-likeness (QED) is 0.864. The van der Waals surface area contributed by atoms with Crippen molar-refractivity contribution in [3.05, 3.63) is 29.8 Å². The van der Waals surface area contributed by atoms with Crippen molar-refractivity contribution in [2.45, 2.75) is 26.2 Å². The molecule has 0 radical (unpaired) electrons. The van der Waals surface area contributed by atoms with E-state index in [0.29, 0.717) is 13.1 Å². The van der Waals surface area contributed by atoms with Crippen molar-refractivity contribution < 1.29 is 19.1 Å². The zero-order valence-electron chi connectivity index (χ0n) is 12.0. The SMILES string of the molecule is CC(CC(=O)O)C1CCCN(C(=O)c2cccc(F)n2)C1. The van der Waals surface area contributed by atoms with Gasteiger partial charge in [-0.15, -0.1) is 0 Å². The van der Waals surface area contributed by atoms with E-state index in [1.165, 1.54) is 18.2 Å². The molecule has 2 unspecified atom stereocenters. The van der Waals surface area contributed by atoms with Crippen LogP contribution in [0.5, 0.6) is 0 Å². The van der Waals surface area contributed by atoms with Crippen LogP contribution in [0.15, 0.2) is 18.2 Å². The fourth-order valence-electron chi connectivity index (χ4n) is 2.79. The number of rotatable bonds is 4. The molecule has 1 N–H and O–H groups in total. The molecule has 1 aliphatic heterocycles. The molecule has 1 aromatic rings. The highest BCUT2D eigenvalue weighted by Crippen LogP contribution is 2.26. The van der Waals surface area contributed by atoms with Crippen LogP contribution in [0.3, 0.4) is 0 Å². The van der Waals surface area contributed by atoms with Crippen LogP contribution in [0, 0.1) is 17.8 Å². The third kappa shape index (κ3) is 4.00. The molecule has 1 fully saturated rings. The van der Waals surface area contributed by atoms with Crippen molar-refractivity contribution in [2.24, 2.45) is 11.8 Å². The Morgan fingerprint density at radius 2 is 2.29 bits per heavy atom. The van der Waals surface area contributed by atoms with E-state index < -0.39 is 11.9 Å². The van der Waals surface area contributed by atoms with Gasteiger partial charge in [-0.05, 0) is 36.8 Å². The standard InChI is InChI=1S/C15H19FN2O3/c1-10(8-14(19)20)11-4-3-7-18(9-11)15(21)12-5-2-6-13(16)17-12/h2,5-6,10-11H,3-4,7-9H2,1H3,(H,19,20). The molecule has 2 rings (SSSR count). The van der Waals surface area contributed by atoms with Crippen LogP contribution < -0.4 is 0 Å². The number of aliphatic carboxylic acids is 1. The number of carbonyl (C=O) groups is 2. The third-order valence-electron chi connectivity index (χ3n) is 3.98. The Kier molecular flexibility index (Phi) is 4.88. The molecule has 0 bridgehead atoms. The first kappa shape index (κ1) is 15.4. The molecule has 114 valence electrons. The summed E-state index contributed by atoms with van der Waals surface area (Å²) in [5.74, 6) is -1.61. The Bertz CT molecular complexity index is 535. The summed E-state index contributed by atoms with van der Waals surface area (Å²) in [7, 11) is 0. The third-order valence-corrected chi connectivity index (χ3v) is 3.98. The molecule has 5 nitrogen and oxygen atoms in total. The molecule has 21 heavy (non-hydrogen) atoms. The van der Waals surface area contributed by atoms with Crippen molar-refractivity contribution >= 4 is 11.9 Å². The van der Waals surface area contributed by atoms with Gasteiger partial charge in [0.15, 0.2) is 0 Å². The van der Waals surface area contributed by atoms with Crippen LogP contribution in [-0.4, -0.2) is 40.0 Å². The molecule has 1 amide bonds. The van der Waals surface area contributed by atoms with Gasteiger partial charge in [0.05, 0.1) is 0 Å². The maximum absolute atomic E-state index is 13.1. The van der Waals surface area contributed by atoms with Gasteiger partial charge >= 0.3 is 5.97 Å². The first-order valence-electron chi connectivity index (χ1n) is 7.11. The molecule has 6 heteroatoms. The fourth-order valence-corrected chi connectivity index (χ4v) is 2.79. The Labute approximate surface area is 122 Å². The van der Waals surface area contributed by atoms with Gasteiger partial charge < -0.3 is 10.0 Å². The van der Waals surface area contributed by atoms with Gasteiger partial charge in [-0.1, -0.05) is 13.0 Å². The summed E-state index contributed by atoms with van der Waals surface area (Å²) in [6.45, 7) is 3.01. The Morgan fingerprint density at radius 1 is 1.52 bits per heavy atom. The van der Waals surface area contributed by atoms with E-state index in [9.17, 15) is 14.0 Å². The molecule has 1 aromatic heterocycles. The number of aromatic nitrogens is 1. The highest BCUT2D eigenvalue weighted by molar-refractivity contribution is 5.92. The van der Waals surface area contributed by atoms with Gasteiger partial charge in [0.25, 0.3) is 5.91 Å². The molecular weight excluding hydrogens is 275 g/mol. The summed E-state index contributed by atoms with van der Waals surface area (Å²) in [5, 5.41) is 8.87. The van der Waals surface area contributed by atoms with Crippen molar-refractivity contribution in [3.63, 3.8) is 0 Å². The largest absolute Gasteiger partial charge is 0.481 e. The minimum atomic E-state index is -0.822. The monoisotopic (exact) mass is 294 g/mol. The van der Waals surface area contributed by atoms with Crippen LogP contribution in [-0.2, 0) is 4.79 Å². The van der Waals surface area contributed by atoms with Gasteiger partial charge in [0.2, 0.25) is 5.95 Å². The second-order valence-corrected chi connectivity index (χ2v) is 5.57. The highest BCUT2D eigenvalue weighted by Gasteiger charge is 2.29. The number of carboxylic acid groups (broad SMARTS) is 1. The minimum Gasteiger partial charge on any atom is -0.481 e. The fraction of sp³-hybridized carbons (Fsp3) is 0.533. The summed E-state index contributed by atoms with van der Waals surface area (Å²) in [6, 6.07) is 4.16. The van der Waals surface area contributed by atoms with E-state index in [-0.39, 0.29) is 29.9 Å². The predicted octanol–water partition coefficient (Wildman–Crippen LogP) is 2.18. The van der Waals surface area contributed by atoms with Gasteiger partial charge in [0, 0.05) is 19.5 Å². The van der Waals surface area contributed by atoms with Crippen LogP contribution >= 0.6 is 0 Å². The highest BCUT2D eigenvalue weighted by atomic mass is 19.1. The Morgan fingerprint density at radius 3 is 2.95 bits per heavy atom. The molecule has 0 spiro atoms. The van der Waals surface area contributed by atoms with Crippen LogP contribution in [0.25, 0.3) is 0 Å². The lowest BCUT2D eigenvalue weighted by Gasteiger charge is -2.35. The number of hydrogen-bond donors (Lipinski definition) is 1. The van der Waals surface area contributed by atoms with Gasteiger partial charge in [-0.2, -0.15) is 4.39 Å². The maximum atomic E-state index is 13.1. The summed E-state index contributed by atoms with van der Waals surface area (Å²) in [6.07, 6.45) is 1.84. The number of halogens is 1. The molecule has 0 saturated carbocycles. The summed E-state index contributed by atoms with van der Waals surface area (Å²) < 4.78 is 13.1. The van der Waals surface area contributed by atoms with Crippen LogP contribution in [0.4, 0.5) is 4.39 Å². The van der Waals surface area contributed by atoms with E-state index >= 15 is 0 Å². The Balaban J connectivity index is 2.03. The van der Waals surface area contributed by atoms with Gasteiger partial charge in [0.1, 0.15) is 5.69 Å². The minimum absolute atomic E-state index is 0.0126. The lowest BCUT2D eigenvalue weighted by atomic mass is 9.84. The molecule has 0 aromatic carbocycles. The van der Waals surface area contributed by atoms with E-state index in [2.05, 4.69) is 4.98 Å². The molecule has 0 aliphatic carbocycles. The summed E-state index contributed by atoms with van der Waals surface area (Å²) >= 11 is 0. The lowest BCUT2D eigenvalue weighted by Crippen LogP contribution is -2.42. The van der Waals surface area contributed by atoms with Crippen molar-refractivity contribution in [2.75, 3.05) is 13.1 Å². The normalized spacial score (nSPS) is 20.1. The molecule has 1 aliphatic rings. The zero-order valence-corrected chi connectivity index (χ0v) is 12.0. The van der Waals surface area contributed by atoms with Gasteiger partial charge in [-0.3, -0.25) is 9.59 Å². The second-order valence-electron chi connectivity index (χ2n) is 5.57. The molecule has 2 atom stereocenters. The van der Waals surface area contributed by atoms with Crippen LogP contribution in [0.2, 0.25) is 0 Å². The number of amides is 1. The van der Waals surface area contributed by atoms with E-state index in [0.717, 1.165) is 12.8 Å². The lowest BCUT2D eigenvalue weighted by molar-refractivity contribution is -0.138. The average molecular weight is 294 g/mol. The summed E-state index contributed by atoms with van der Waals surface area (Å²) in [4.78, 5) is 28.4. The smallest absolute Gasteiger partial charge is 0.303 e. The maximum Gasteiger partial charge on any atom is 0.303 e. The van der Waals surface area contributed by atoms with Gasteiger partial charge in [-0.25, -0.2) is 4.98 Å². The van der Waals surface area contributed by atoms with E-state index in [1.807, 2.05) is 6.92 Å². The first-order chi connectivity index (χ1) is 9.97. The average Bonchev–Trinajstić information content (AvgIpc) is 2.46. The number of pyridine rings is 1. The summed E-state index contributed by atoms with van der Waals surface area (Å²) in [5.41, 5.74) is 0.0986. The second kappa shape index (κ2) is 6.65. The molecular formula is C15H19FN2O3. The molecule has 1 saturated heterocycles. The number of hydrogen-bond acceptors (Lipinski definition) is 3. The molecule has 2 heterocycles. The topological polar surface area (TPSA) is 70.5 Å². The number of nitrogens with zero attached hydrogens (tertiary/aromatic N) is 2.